The van der Waals surface area contributed by atoms with Crippen molar-refractivity contribution < 1.29 is 19.1 Å². The standard InChI is InChI=1S/C16H34N4O4.2ClH/c1-11(23-13(21)18-15(3,4)5)20(10-9-17)12(2)24-14(22)19-16(6,7)8;;/h11-12H,9-10,17H2,1-8H3,(H,18,21)(H,19,22);2*1H. The number of rotatable bonds is 6. The quantitative estimate of drug-likeness (QED) is 0.572. The SMILES string of the molecule is CC(OC(=O)NC(C)(C)C)N(CCN)C(C)OC(=O)NC(C)(C)C.Cl.Cl. The number of carbonyl (C=O) groups is 2. The van der Waals surface area contributed by atoms with Gasteiger partial charge in [0.1, 0.15) is 0 Å². The third kappa shape index (κ3) is 14.2. The number of amides is 2. The van der Waals surface area contributed by atoms with Crippen molar-refractivity contribution in [2.24, 2.45) is 5.73 Å². The number of ether oxygens (including phenoxy) is 2. The van der Waals surface area contributed by atoms with Crippen molar-refractivity contribution in [3.05, 3.63) is 0 Å². The zero-order valence-electron chi connectivity index (χ0n) is 17.0. The maximum Gasteiger partial charge on any atom is 0.409 e. The van der Waals surface area contributed by atoms with Crippen LogP contribution in [0.25, 0.3) is 0 Å². The molecule has 8 nitrogen and oxygen atoms in total. The number of alkyl carbamates (subject to hydrolysis) is 2. The fraction of sp³-hybridized carbons (Fsp3) is 0.875. The highest BCUT2D eigenvalue weighted by Crippen LogP contribution is 2.10. The molecule has 0 heterocycles. The Balaban J connectivity index is -0.00000264. The second-order valence-corrected chi connectivity index (χ2v) is 7.79. The molecule has 0 fully saturated rings. The predicted octanol–water partition coefficient (Wildman–Crippen LogP) is 2.83. The third-order valence-electron chi connectivity index (χ3n) is 2.83. The van der Waals surface area contributed by atoms with Crippen molar-refractivity contribution >= 4 is 37.0 Å². The summed E-state index contributed by atoms with van der Waals surface area (Å²) in [6.45, 7) is 15.3. The minimum Gasteiger partial charge on any atom is -0.430 e. The van der Waals surface area contributed by atoms with Crippen LogP contribution in [0.3, 0.4) is 0 Å². The first-order valence-electron chi connectivity index (χ1n) is 8.18. The van der Waals surface area contributed by atoms with Crippen molar-refractivity contribution in [1.29, 1.82) is 0 Å². The average Bonchev–Trinajstić information content (AvgIpc) is 2.30. The van der Waals surface area contributed by atoms with Gasteiger partial charge in [0, 0.05) is 24.2 Å². The highest BCUT2D eigenvalue weighted by molar-refractivity contribution is 5.85. The van der Waals surface area contributed by atoms with Crippen molar-refractivity contribution in [3.8, 4) is 0 Å². The van der Waals surface area contributed by atoms with E-state index in [-0.39, 0.29) is 24.8 Å². The summed E-state index contributed by atoms with van der Waals surface area (Å²) in [4.78, 5) is 25.5. The lowest BCUT2D eigenvalue weighted by atomic mass is 10.1. The summed E-state index contributed by atoms with van der Waals surface area (Å²) in [6, 6.07) is 0. The lowest BCUT2D eigenvalue weighted by Crippen LogP contribution is -2.51. The molecule has 10 heteroatoms. The maximum atomic E-state index is 11.9. The van der Waals surface area contributed by atoms with E-state index in [0.717, 1.165) is 0 Å². The second-order valence-electron chi connectivity index (χ2n) is 7.79. The van der Waals surface area contributed by atoms with E-state index in [1.807, 2.05) is 41.5 Å². The molecule has 2 unspecified atom stereocenters. The minimum atomic E-state index is -0.603. The van der Waals surface area contributed by atoms with Crippen molar-refractivity contribution in [2.75, 3.05) is 13.1 Å². The summed E-state index contributed by atoms with van der Waals surface area (Å²) < 4.78 is 10.7. The van der Waals surface area contributed by atoms with E-state index in [1.165, 1.54) is 0 Å². The Hall–Kier alpha value is -0.960. The molecule has 0 aliphatic heterocycles. The van der Waals surface area contributed by atoms with Crippen LogP contribution in [0, 0.1) is 0 Å². The molecule has 0 aliphatic rings. The summed E-state index contributed by atoms with van der Waals surface area (Å²) in [7, 11) is 0. The van der Waals surface area contributed by atoms with Crippen molar-refractivity contribution in [1.82, 2.24) is 15.5 Å². The Morgan fingerprint density at radius 3 is 1.42 bits per heavy atom. The molecular weight excluding hydrogens is 383 g/mol. The van der Waals surface area contributed by atoms with Crippen LogP contribution < -0.4 is 16.4 Å². The van der Waals surface area contributed by atoms with Crippen molar-refractivity contribution in [3.63, 3.8) is 0 Å². The van der Waals surface area contributed by atoms with Crippen LogP contribution in [0.5, 0.6) is 0 Å². The largest absolute Gasteiger partial charge is 0.430 e. The number of carbonyl (C=O) groups excluding carboxylic acids is 2. The lowest BCUT2D eigenvalue weighted by Gasteiger charge is -2.34. The third-order valence-corrected chi connectivity index (χ3v) is 2.83. The van der Waals surface area contributed by atoms with Crippen LogP contribution in [-0.4, -0.2) is 53.7 Å². The lowest BCUT2D eigenvalue weighted by molar-refractivity contribution is -0.0913. The van der Waals surface area contributed by atoms with E-state index in [9.17, 15) is 9.59 Å². The Kier molecular flexibility index (Phi) is 14.2. The number of hydrogen-bond donors (Lipinski definition) is 3. The maximum absolute atomic E-state index is 11.9. The zero-order chi connectivity index (χ0) is 19.1. The highest BCUT2D eigenvalue weighted by atomic mass is 35.5. The molecule has 4 N–H and O–H groups in total. The number of halogens is 2. The molecular formula is C16H36Cl2N4O4. The van der Waals surface area contributed by atoms with Gasteiger partial charge in [0.05, 0.1) is 0 Å². The van der Waals surface area contributed by atoms with Gasteiger partial charge in [-0.05, 0) is 55.4 Å². The molecule has 0 saturated heterocycles. The fourth-order valence-corrected chi connectivity index (χ4v) is 1.92. The Morgan fingerprint density at radius 2 is 1.19 bits per heavy atom. The Labute approximate surface area is 169 Å². The zero-order valence-corrected chi connectivity index (χ0v) is 18.7. The van der Waals surface area contributed by atoms with Gasteiger partial charge in [0.15, 0.2) is 12.5 Å². The van der Waals surface area contributed by atoms with Crippen LogP contribution in [0.15, 0.2) is 0 Å². The highest BCUT2D eigenvalue weighted by Gasteiger charge is 2.27. The van der Waals surface area contributed by atoms with Gasteiger partial charge in [-0.3, -0.25) is 0 Å². The van der Waals surface area contributed by atoms with Crippen LogP contribution in [0.4, 0.5) is 9.59 Å². The number of hydrogen-bond acceptors (Lipinski definition) is 6. The molecule has 0 radical (unpaired) electrons. The topological polar surface area (TPSA) is 106 Å². The molecule has 0 saturated carbocycles. The molecule has 26 heavy (non-hydrogen) atoms. The van der Waals surface area contributed by atoms with Gasteiger partial charge in [-0.2, -0.15) is 0 Å². The van der Waals surface area contributed by atoms with Gasteiger partial charge in [0.2, 0.25) is 0 Å². The van der Waals surface area contributed by atoms with Crippen molar-refractivity contribution in [2.45, 2.75) is 78.9 Å². The number of nitrogens with two attached hydrogens (primary N) is 1. The van der Waals surface area contributed by atoms with Crippen LogP contribution in [-0.2, 0) is 9.47 Å². The van der Waals surface area contributed by atoms with Gasteiger partial charge in [-0.15, -0.1) is 24.8 Å². The molecule has 0 aromatic heterocycles. The van der Waals surface area contributed by atoms with E-state index in [4.69, 9.17) is 15.2 Å². The first-order chi connectivity index (χ1) is 10.7. The van der Waals surface area contributed by atoms with E-state index >= 15 is 0 Å². The summed E-state index contributed by atoms with van der Waals surface area (Å²) in [5, 5.41) is 5.44. The fourth-order valence-electron chi connectivity index (χ4n) is 1.92. The van der Waals surface area contributed by atoms with Crippen LogP contribution in [0.2, 0.25) is 0 Å². The molecule has 0 aromatic carbocycles. The molecule has 2 amide bonds. The first kappa shape index (κ1) is 29.8. The molecule has 0 rings (SSSR count). The first-order valence-corrected chi connectivity index (χ1v) is 8.18. The summed E-state index contributed by atoms with van der Waals surface area (Å²) in [6.07, 6.45) is -2.28. The molecule has 0 aromatic rings. The van der Waals surface area contributed by atoms with Crippen LogP contribution in [0.1, 0.15) is 55.4 Å². The summed E-state index contributed by atoms with van der Waals surface area (Å²) in [5.41, 5.74) is 4.82. The average molecular weight is 419 g/mol. The van der Waals surface area contributed by atoms with E-state index in [1.54, 1.807) is 18.7 Å². The van der Waals surface area contributed by atoms with E-state index in [2.05, 4.69) is 10.6 Å². The van der Waals surface area contributed by atoms with E-state index < -0.39 is 35.7 Å². The summed E-state index contributed by atoms with van der Waals surface area (Å²) in [5.74, 6) is 0. The van der Waals surface area contributed by atoms with Gasteiger partial charge >= 0.3 is 12.2 Å². The molecule has 0 spiro atoms. The van der Waals surface area contributed by atoms with Gasteiger partial charge in [-0.25, -0.2) is 14.5 Å². The Morgan fingerprint density at radius 1 is 0.885 bits per heavy atom. The summed E-state index contributed by atoms with van der Waals surface area (Å²) >= 11 is 0. The minimum absolute atomic E-state index is 0. The molecule has 2 atom stereocenters. The second kappa shape index (κ2) is 12.4. The number of nitrogens with zero attached hydrogens (tertiary/aromatic N) is 1. The molecule has 158 valence electrons. The van der Waals surface area contributed by atoms with Gasteiger partial charge in [0.25, 0.3) is 0 Å². The van der Waals surface area contributed by atoms with Gasteiger partial charge in [-0.1, -0.05) is 0 Å². The van der Waals surface area contributed by atoms with Gasteiger partial charge < -0.3 is 25.8 Å². The van der Waals surface area contributed by atoms with Crippen LogP contribution >= 0.6 is 24.8 Å². The number of nitrogens with one attached hydrogen (secondary N) is 2. The Bertz CT molecular complexity index is 389. The normalized spacial score (nSPS) is 13.6. The molecule has 0 bridgehead atoms. The monoisotopic (exact) mass is 418 g/mol. The smallest absolute Gasteiger partial charge is 0.409 e. The predicted molar refractivity (Wildman–Crippen MR) is 108 cm³/mol. The molecule has 0 aliphatic carbocycles. The van der Waals surface area contributed by atoms with E-state index in [0.29, 0.717) is 13.1 Å².